The minimum Gasteiger partial charge on any atom is -0.495 e. The lowest BCUT2D eigenvalue weighted by molar-refractivity contribution is 0.0562. The van der Waals surface area contributed by atoms with Crippen LogP contribution in [0.5, 0.6) is 5.75 Å². The number of hydrogen-bond donors (Lipinski definition) is 0. The summed E-state index contributed by atoms with van der Waals surface area (Å²) in [7, 11) is 1.73. The van der Waals surface area contributed by atoms with E-state index in [0.717, 1.165) is 57.9 Å². The molecule has 0 aliphatic carbocycles. The quantitative estimate of drug-likeness (QED) is 0.812. The van der Waals surface area contributed by atoms with Crippen molar-refractivity contribution in [2.24, 2.45) is 0 Å². The van der Waals surface area contributed by atoms with Gasteiger partial charge in [-0.15, -0.1) is 0 Å². The topological polar surface area (TPSA) is 49.2 Å². The Hall–Kier alpha value is -2.47. The number of ether oxygens (including phenoxy) is 1. The highest BCUT2D eigenvalue weighted by molar-refractivity contribution is 5.95. The summed E-state index contributed by atoms with van der Waals surface area (Å²) in [6.07, 6.45) is 3.81. The van der Waals surface area contributed by atoms with Gasteiger partial charge in [-0.1, -0.05) is 12.1 Å². The second kappa shape index (κ2) is 8.27. The van der Waals surface area contributed by atoms with Crippen molar-refractivity contribution in [1.29, 1.82) is 0 Å². The maximum atomic E-state index is 12.8. The van der Waals surface area contributed by atoms with Crippen molar-refractivity contribution < 1.29 is 13.9 Å². The molecule has 1 aromatic carbocycles. The van der Waals surface area contributed by atoms with E-state index in [1.54, 1.807) is 19.4 Å². The largest absolute Gasteiger partial charge is 0.495 e. The number of carbonyl (C=O) groups is 1. The maximum absolute atomic E-state index is 12.8. The number of anilines is 1. The molecule has 3 heterocycles. The van der Waals surface area contributed by atoms with Gasteiger partial charge in [0.2, 0.25) is 0 Å². The summed E-state index contributed by atoms with van der Waals surface area (Å²) in [6, 6.07) is 10.4. The van der Waals surface area contributed by atoms with Gasteiger partial charge < -0.3 is 19.0 Å². The van der Waals surface area contributed by atoms with Crippen LogP contribution in [-0.2, 0) is 0 Å². The Kier molecular flexibility index (Phi) is 5.57. The number of piperidine rings is 1. The molecule has 1 atom stereocenters. The van der Waals surface area contributed by atoms with Gasteiger partial charge in [0.05, 0.1) is 24.6 Å². The van der Waals surface area contributed by atoms with E-state index in [-0.39, 0.29) is 5.91 Å². The zero-order chi connectivity index (χ0) is 19.5. The van der Waals surface area contributed by atoms with Crippen molar-refractivity contribution in [3.05, 3.63) is 47.9 Å². The Morgan fingerprint density at radius 3 is 2.61 bits per heavy atom. The van der Waals surface area contributed by atoms with E-state index in [1.807, 2.05) is 24.0 Å². The van der Waals surface area contributed by atoms with Crippen LogP contribution in [0.1, 0.15) is 29.0 Å². The van der Waals surface area contributed by atoms with E-state index in [0.29, 0.717) is 17.4 Å². The number of para-hydroxylation sites is 2. The van der Waals surface area contributed by atoms with Crippen LogP contribution >= 0.6 is 0 Å². The molecule has 2 aromatic rings. The second-order valence-electron chi connectivity index (χ2n) is 7.63. The van der Waals surface area contributed by atoms with Crippen LogP contribution in [0.4, 0.5) is 5.69 Å². The van der Waals surface area contributed by atoms with Gasteiger partial charge in [-0.2, -0.15) is 0 Å². The number of hydrogen-bond acceptors (Lipinski definition) is 5. The van der Waals surface area contributed by atoms with Crippen molar-refractivity contribution in [3.63, 3.8) is 0 Å². The molecule has 4 rings (SSSR count). The van der Waals surface area contributed by atoms with Crippen LogP contribution in [0.15, 0.2) is 41.0 Å². The first kappa shape index (κ1) is 18.9. The molecule has 0 bridgehead atoms. The van der Waals surface area contributed by atoms with Crippen LogP contribution in [0.25, 0.3) is 0 Å². The average Bonchev–Trinajstić information content (AvgIpc) is 3.19. The highest BCUT2D eigenvalue weighted by Gasteiger charge is 2.31. The number of rotatable bonds is 4. The van der Waals surface area contributed by atoms with Gasteiger partial charge >= 0.3 is 0 Å². The Morgan fingerprint density at radius 2 is 1.89 bits per heavy atom. The van der Waals surface area contributed by atoms with E-state index >= 15 is 0 Å². The van der Waals surface area contributed by atoms with Crippen molar-refractivity contribution >= 4 is 11.6 Å². The number of benzene rings is 1. The first-order chi connectivity index (χ1) is 13.7. The standard InChI is InChI=1S/C22H29N3O3/c1-17-19(9-15-28-17)22(26)25-10-5-6-18(16-25)23-11-13-24(14-12-23)20-7-3-4-8-21(20)27-2/h3-4,7-9,15,18H,5-6,10-14,16H2,1-2H3. The van der Waals surface area contributed by atoms with E-state index in [9.17, 15) is 4.79 Å². The Labute approximate surface area is 166 Å². The van der Waals surface area contributed by atoms with Gasteiger partial charge in [-0.25, -0.2) is 0 Å². The molecule has 6 nitrogen and oxygen atoms in total. The monoisotopic (exact) mass is 383 g/mol. The lowest BCUT2D eigenvalue weighted by Crippen LogP contribution is -2.56. The Bertz CT molecular complexity index is 811. The first-order valence-electron chi connectivity index (χ1n) is 10.1. The molecule has 1 unspecified atom stereocenters. The lowest BCUT2D eigenvalue weighted by Gasteiger charge is -2.44. The molecule has 2 aliphatic rings. The molecule has 150 valence electrons. The minimum atomic E-state index is 0.101. The van der Waals surface area contributed by atoms with E-state index in [4.69, 9.17) is 9.15 Å². The summed E-state index contributed by atoms with van der Waals surface area (Å²) in [6.45, 7) is 7.47. The minimum absolute atomic E-state index is 0.101. The van der Waals surface area contributed by atoms with Crippen molar-refractivity contribution in [2.45, 2.75) is 25.8 Å². The lowest BCUT2D eigenvalue weighted by atomic mass is 10.0. The average molecular weight is 383 g/mol. The summed E-state index contributed by atoms with van der Waals surface area (Å²) in [5, 5.41) is 0. The third-order valence-electron chi connectivity index (χ3n) is 6.03. The number of nitrogens with zero attached hydrogens (tertiary/aromatic N) is 3. The predicted molar refractivity (Wildman–Crippen MR) is 109 cm³/mol. The molecule has 2 aliphatic heterocycles. The van der Waals surface area contributed by atoms with Crippen LogP contribution in [0.3, 0.4) is 0 Å². The van der Waals surface area contributed by atoms with Gasteiger partial charge in [-0.3, -0.25) is 9.69 Å². The van der Waals surface area contributed by atoms with Crippen LogP contribution in [0, 0.1) is 6.92 Å². The van der Waals surface area contributed by atoms with Gasteiger partial charge in [0.1, 0.15) is 11.5 Å². The number of aryl methyl sites for hydroxylation is 1. The summed E-state index contributed by atoms with van der Waals surface area (Å²) in [4.78, 5) is 19.8. The summed E-state index contributed by atoms with van der Waals surface area (Å²) < 4.78 is 10.8. The fourth-order valence-corrected chi connectivity index (χ4v) is 4.43. The molecule has 0 spiro atoms. The molecule has 0 N–H and O–H groups in total. The number of methoxy groups -OCH3 is 1. The van der Waals surface area contributed by atoms with Crippen molar-refractivity contribution in [3.8, 4) is 5.75 Å². The van der Waals surface area contributed by atoms with Crippen molar-refractivity contribution in [1.82, 2.24) is 9.80 Å². The SMILES string of the molecule is COc1ccccc1N1CCN(C2CCCN(C(=O)c3ccoc3C)C2)CC1. The van der Waals surface area contributed by atoms with Gasteiger partial charge in [0, 0.05) is 45.3 Å². The predicted octanol–water partition coefficient (Wildman–Crippen LogP) is 3.02. The van der Waals surface area contributed by atoms with Gasteiger partial charge in [0.15, 0.2) is 0 Å². The normalized spacial score (nSPS) is 21.0. The van der Waals surface area contributed by atoms with Crippen molar-refractivity contribution in [2.75, 3.05) is 51.3 Å². The number of amides is 1. The molecule has 2 fully saturated rings. The number of likely N-dealkylation sites (tertiary alicyclic amines) is 1. The van der Waals surface area contributed by atoms with E-state index < -0.39 is 0 Å². The summed E-state index contributed by atoms with van der Waals surface area (Å²) in [5.74, 6) is 1.74. The summed E-state index contributed by atoms with van der Waals surface area (Å²) in [5.41, 5.74) is 1.86. The molecule has 0 radical (unpaired) electrons. The molecule has 0 saturated carbocycles. The molecular weight excluding hydrogens is 354 g/mol. The Morgan fingerprint density at radius 1 is 1.11 bits per heavy atom. The maximum Gasteiger partial charge on any atom is 0.257 e. The third kappa shape index (κ3) is 3.74. The molecular formula is C22H29N3O3. The third-order valence-corrected chi connectivity index (χ3v) is 6.03. The Balaban J connectivity index is 1.37. The van der Waals surface area contributed by atoms with Crippen LogP contribution < -0.4 is 9.64 Å². The number of furan rings is 1. The zero-order valence-corrected chi connectivity index (χ0v) is 16.8. The molecule has 1 amide bonds. The highest BCUT2D eigenvalue weighted by Crippen LogP contribution is 2.29. The van der Waals surface area contributed by atoms with Crippen LogP contribution in [0.2, 0.25) is 0 Å². The van der Waals surface area contributed by atoms with Gasteiger partial charge in [0.25, 0.3) is 5.91 Å². The smallest absolute Gasteiger partial charge is 0.257 e. The van der Waals surface area contributed by atoms with Crippen LogP contribution in [-0.4, -0.2) is 68.1 Å². The molecule has 28 heavy (non-hydrogen) atoms. The number of piperazine rings is 1. The highest BCUT2D eigenvalue weighted by atomic mass is 16.5. The summed E-state index contributed by atoms with van der Waals surface area (Å²) >= 11 is 0. The molecule has 6 heteroatoms. The molecule has 2 saturated heterocycles. The van der Waals surface area contributed by atoms with E-state index in [1.165, 1.54) is 5.69 Å². The number of carbonyl (C=O) groups excluding carboxylic acids is 1. The zero-order valence-electron chi connectivity index (χ0n) is 16.8. The second-order valence-corrected chi connectivity index (χ2v) is 7.63. The first-order valence-corrected chi connectivity index (χ1v) is 10.1. The van der Waals surface area contributed by atoms with E-state index in [2.05, 4.69) is 21.9 Å². The van der Waals surface area contributed by atoms with Gasteiger partial charge in [-0.05, 0) is 38.0 Å². The fourth-order valence-electron chi connectivity index (χ4n) is 4.43. The molecule has 1 aromatic heterocycles. The fraction of sp³-hybridized carbons (Fsp3) is 0.500.